The molecule has 0 fully saturated rings. The van der Waals surface area contributed by atoms with Crippen molar-refractivity contribution in [3.63, 3.8) is 0 Å². The monoisotopic (exact) mass is 306 g/mol. The summed E-state index contributed by atoms with van der Waals surface area (Å²) in [7, 11) is -3.41. The van der Waals surface area contributed by atoms with Gasteiger partial charge in [-0.3, -0.25) is 4.79 Å². The van der Waals surface area contributed by atoms with Gasteiger partial charge >= 0.3 is 0 Å². The maximum Gasteiger partial charge on any atom is 0.182 e. The Balaban J connectivity index is 2.41. The first kappa shape index (κ1) is 16.0. The van der Waals surface area contributed by atoms with E-state index in [-0.39, 0.29) is 17.0 Å². The molecule has 3 nitrogen and oxygen atoms in total. The highest BCUT2D eigenvalue weighted by atomic mass is 32.2. The summed E-state index contributed by atoms with van der Waals surface area (Å²) in [5.41, 5.74) is 2.18. The molecule has 4 heteroatoms. The molecule has 1 aliphatic rings. The normalized spacial score (nSPS) is 19.0. The molecule has 0 saturated heterocycles. The lowest BCUT2D eigenvalue weighted by Gasteiger charge is -2.33. The molecular weight excluding hydrogens is 284 g/mol. The molecule has 0 bridgehead atoms. The Kier molecular flexibility index (Phi) is 4.11. The zero-order valence-electron chi connectivity index (χ0n) is 13.1. The molecule has 0 amide bonds. The molecule has 0 aliphatic heterocycles. The first-order valence-electron chi connectivity index (χ1n) is 7.16. The minimum atomic E-state index is -3.41. The molecule has 0 aromatic heterocycles. The average Bonchev–Trinajstić information content (AvgIpc) is 2.40. The van der Waals surface area contributed by atoms with Crippen molar-refractivity contribution in [2.24, 2.45) is 5.41 Å². The van der Waals surface area contributed by atoms with E-state index in [0.717, 1.165) is 11.1 Å². The maximum atomic E-state index is 12.6. The van der Waals surface area contributed by atoms with Crippen LogP contribution in [0.1, 0.15) is 39.2 Å². The topological polar surface area (TPSA) is 51.2 Å². The predicted octanol–water partition coefficient (Wildman–Crippen LogP) is 3.47. The highest BCUT2D eigenvalue weighted by Gasteiger charge is 2.35. The summed E-state index contributed by atoms with van der Waals surface area (Å²) in [5, 5.41) is 0. The number of benzene rings is 1. The zero-order valence-corrected chi connectivity index (χ0v) is 13.9. The summed E-state index contributed by atoms with van der Waals surface area (Å²) >= 11 is 0. The van der Waals surface area contributed by atoms with Crippen LogP contribution in [0, 0.1) is 12.3 Å². The fraction of sp³-hybridized carbons (Fsp3) is 0.471. The number of ketones is 1. The Morgan fingerprint density at radius 2 is 1.67 bits per heavy atom. The smallest absolute Gasteiger partial charge is 0.182 e. The van der Waals surface area contributed by atoms with Gasteiger partial charge in [0, 0.05) is 6.42 Å². The second kappa shape index (κ2) is 5.41. The van der Waals surface area contributed by atoms with E-state index in [0.29, 0.717) is 23.3 Å². The largest absolute Gasteiger partial charge is 0.295 e. The number of carbonyl (C=O) groups is 1. The Morgan fingerprint density at radius 3 is 2.24 bits per heavy atom. The van der Waals surface area contributed by atoms with Crippen molar-refractivity contribution in [1.29, 1.82) is 0 Å². The quantitative estimate of drug-likeness (QED) is 0.859. The van der Waals surface area contributed by atoms with Crippen molar-refractivity contribution in [3.8, 4) is 0 Å². The highest BCUT2D eigenvalue weighted by molar-refractivity contribution is 7.91. The van der Waals surface area contributed by atoms with Gasteiger partial charge in [0.2, 0.25) is 0 Å². The highest BCUT2D eigenvalue weighted by Crippen LogP contribution is 2.40. The summed E-state index contributed by atoms with van der Waals surface area (Å²) in [4.78, 5) is 12.2. The van der Waals surface area contributed by atoms with E-state index in [2.05, 4.69) is 0 Å². The Morgan fingerprint density at radius 1 is 1.10 bits per heavy atom. The first-order valence-corrected chi connectivity index (χ1v) is 8.81. The Bertz CT molecular complexity index is 692. The van der Waals surface area contributed by atoms with Crippen LogP contribution in [0.5, 0.6) is 0 Å². The number of Topliss-reactive ketones (excluding diaryl/α,β-unsaturated/α-hetero) is 1. The molecule has 114 valence electrons. The lowest BCUT2D eigenvalue weighted by molar-refractivity contribution is -0.116. The third-order valence-electron chi connectivity index (χ3n) is 4.38. The van der Waals surface area contributed by atoms with Gasteiger partial charge in [-0.1, -0.05) is 31.5 Å². The molecule has 0 unspecified atom stereocenters. The van der Waals surface area contributed by atoms with E-state index >= 15 is 0 Å². The molecule has 0 atom stereocenters. The van der Waals surface area contributed by atoms with Gasteiger partial charge in [-0.05, 0) is 49.0 Å². The van der Waals surface area contributed by atoms with Crippen LogP contribution < -0.4 is 0 Å². The van der Waals surface area contributed by atoms with Crippen LogP contribution in [0.25, 0.3) is 0 Å². The fourth-order valence-electron chi connectivity index (χ4n) is 2.76. The molecule has 1 aliphatic carbocycles. The van der Waals surface area contributed by atoms with Crippen molar-refractivity contribution >= 4 is 15.6 Å². The number of sulfone groups is 1. The van der Waals surface area contributed by atoms with Crippen LogP contribution in [-0.4, -0.2) is 20.0 Å². The van der Waals surface area contributed by atoms with Crippen molar-refractivity contribution in [1.82, 2.24) is 0 Å². The number of rotatable bonds is 3. The lowest BCUT2D eigenvalue weighted by Crippen LogP contribution is -2.29. The third-order valence-corrected chi connectivity index (χ3v) is 6.04. The average molecular weight is 306 g/mol. The van der Waals surface area contributed by atoms with E-state index in [1.807, 2.05) is 20.8 Å². The van der Waals surface area contributed by atoms with Gasteiger partial charge in [-0.15, -0.1) is 0 Å². The lowest BCUT2D eigenvalue weighted by atomic mass is 9.73. The van der Waals surface area contributed by atoms with E-state index < -0.39 is 9.84 Å². The maximum absolute atomic E-state index is 12.6. The molecule has 21 heavy (non-hydrogen) atoms. The van der Waals surface area contributed by atoms with E-state index in [4.69, 9.17) is 0 Å². The van der Waals surface area contributed by atoms with Crippen LogP contribution in [0.3, 0.4) is 0 Å². The molecule has 0 spiro atoms. The number of allylic oxidation sites excluding steroid dienone is 1. The summed E-state index contributed by atoms with van der Waals surface area (Å²) in [6, 6.07) is 6.87. The molecule has 2 rings (SSSR count). The number of aryl methyl sites for hydroxylation is 1. The standard InChI is InChI=1S/C17H22O3S/c1-12-5-7-14(8-6-12)21(19,20)11-15-13(2)16(18)9-10-17(15,3)4/h5-8H,9-11H2,1-4H3. The molecular formula is C17H22O3S. The van der Waals surface area contributed by atoms with E-state index in [1.165, 1.54) is 0 Å². The van der Waals surface area contributed by atoms with Gasteiger partial charge in [-0.25, -0.2) is 8.42 Å². The summed E-state index contributed by atoms with van der Waals surface area (Å²) in [5.74, 6) is 0.00381. The van der Waals surface area contributed by atoms with Crippen LogP contribution in [0.15, 0.2) is 40.3 Å². The van der Waals surface area contributed by atoms with Crippen LogP contribution in [0.2, 0.25) is 0 Å². The molecule has 0 saturated carbocycles. The number of hydrogen-bond donors (Lipinski definition) is 0. The fourth-order valence-corrected chi connectivity index (χ4v) is 4.47. The van der Waals surface area contributed by atoms with Crippen molar-refractivity contribution in [2.75, 3.05) is 5.75 Å². The predicted molar refractivity (Wildman–Crippen MR) is 84.0 cm³/mol. The van der Waals surface area contributed by atoms with Crippen LogP contribution in [-0.2, 0) is 14.6 Å². The second-order valence-electron chi connectivity index (χ2n) is 6.48. The van der Waals surface area contributed by atoms with E-state index in [9.17, 15) is 13.2 Å². The van der Waals surface area contributed by atoms with Gasteiger partial charge in [0.1, 0.15) is 0 Å². The van der Waals surface area contributed by atoms with Gasteiger partial charge in [-0.2, -0.15) is 0 Å². The van der Waals surface area contributed by atoms with Crippen molar-refractivity contribution in [2.45, 2.75) is 45.4 Å². The van der Waals surface area contributed by atoms with Gasteiger partial charge in [0.15, 0.2) is 15.6 Å². The summed E-state index contributed by atoms with van der Waals surface area (Å²) in [6.45, 7) is 7.71. The van der Waals surface area contributed by atoms with Crippen LogP contribution >= 0.6 is 0 Å². The molecule has 0 heterocycles. The zero-order chi connectivity index (χ0) is 15.8. The van der Waals surface area contributed by atoms with Crippen LogP contribution in [0.4, 0.5) is 0 Å². The Labute approximate surface area is 127 Å². The van der Waals surface area contributed by atoms with Gasteiger partial charge in [0.25, 0.3) is 0 Å². The number of hydrogen-bond acceptors (Lipinski definition) is 3. The number of carbonyl (C=O) groups excluding carboxylic acids is 1. The Hall–Kier alpha value is -1.42. The molecule has 1 aromatic carbocycles. The molecule has 0 radical (unpaired) electrons. The van der Waals surface area contributed by atoms with Crippen molar-refractivity contribution in [3.05, 3.63) is 41.0 Å². The summed E-state index contributed by atoms with van der Waals surface area (Å²) in [6.07, 6.45) is 1.22. The first-order chi connectivity index (χ1) is 9.63. The van der Waals surface area contributed by atoms with Gasteiger partial charge < -0.3 is 0 Å². The van der Waals surface area contributed by atoms with Gasteiger partial charge in [0.05, 0.1) is 10.6 Å². The third kappa shape index (κ3) is 3.26. The second-order valence-corrected chi connectivity index (χ2v) is 8.47. The molecule has 0 N–H and O–H groups in total. The van der Waals surface area contributed by atoms with E-state index in [1.54, 1.807) is 31.2 Å². The minimum Gasteiger partial charge on any atom is -0.295 e. The summed E-state index contributed by atoms with van der Waals surface area (Å²) < 4.78 is 25.2. The van der Waals surface area contributed by atoms with Crippen molar-refractivity contribution < 1.29 is 13.2 Å². The minimum absolute atomic E-state index is 0.0688. The molecule has 1 aromatic rings. The SMILES string of the molecule is CC1=C(CS(=O)(=O)c2ccc(C)cc2)C(C)(C)CCC1=O.